The standard InChI is InChI=1S/C35H55N5O10/c1-10-23(6)33(24(49-9)20-30(46)50-40-28(44)17-18-29(40)45)38(8)35(48)31(21(2)3)36-34(47)32(22(4)5)37(7)25(41)14-12-11-13-19-39-26(42)15-16-27(39)43/h15-16,21-24,31-33H,10-14,17-20H2,1-9H3,(H,36,47)/t23-,24+,31?,32-,33-/m0/s1. The van der Waals surface area contributed by atoms with Gasteiger partial charge in [0.15, 0.2) is 0 Å². The van der Waals surface area contributed by atoms with Crippen LogP contribution in [0.5, 0.6) is 0 Å². The van der Waals surface area contributed by atoms with E-state index < -0.39 is 53.8 Å². The molecular formula is C35H55N5O10. The first-order valence-corrected chi connectivity index (χ1v) is 17.4. The van der Waals surface area contributed by atoms with Crippen LogP contribution in [0.1, 0.15) is 92.9 Å². The molecule has 2 rings (SSSR count). The first-order valence-electron chi connectivity index (χ1n) is 17.4. The van der Waals surface area contributed by atoms with Crippen LogP contribution in [-0.2, 0) is 47.9 Å². The van der Waals surface area contributed by atoms with Crippen LogP contribution in [0.25, 0.3) is 0 Å². The smallest absolute Gasteiger partial charge is 0.335 e. The summed E-state index contributed by atoms with van der Waals surface area (Å²) in [6.07, 6.45) is 3.64. The zero-order valence-corrected chi connectivity index (χ0v) is 30.9. The number of methoxy groups -OCH3 is 1. The molecule has 0 spiro atoms. The highest BCUT2D eigenvalue weighted by atomic mass is 16.7. The summed E-state index contributed by atoms with van der Waals surface area (Å²) < 4.78 is 5.68. The van der Waals surface area contributed by atoms with Gasteiger partial charge >= 0.3 is 5.97 Å². The summed E-state index contributed by atoms with van der Waals surface area (Å²) >= 11 is 0. The highest BCUT2D eigenvalue weighted by molar-refractivity contribution is 6.12. The van der Waals surface area contributed by atoms with Gasteiger partial charge in [0.2, 0.25) is 17.7 Å². The third-order valence-electron chi connectivity index (χ3n) is 9.39. The second-order valence-corrected chi connectivity index (χ2v) is 13.7. The molecule has 1 N–H and O–H groups in total. The average Bonchev–Trinajstić information content (AvgIpc) is 3.55. The van der Waals surface area contributed by atoms with E-state index in [1.165, 1.54) is 29.1 Å². The molecule has 15 heteroatoms. The van der Waals surface area contributed by atoms with Gasteiger partial charge in [-0.2, -0.15) is 0 Å². The predicted molar refractivity (Wildman–Crippen MR) is 181 cm³/mol. The van der Waals surface area contributed by atoms with Gasteiger partial charge in [0.25, 0.3) is 23.6 Å². The van der Waals surface area contributed by atoms with Crippen LogP contribution in [0.15, 0.2) is 12.2 Å². The van der Waals surface area contributed by atoms with E-state index in [4.69, 9.17) is 9.57 Å². The lowest BCUT2D eigenvalue weighted by atomic mass is 9.90. The van der Waals surface area contributed by atoms with Crippen molar-refractivity contribution in [2.24, 2.45) is 17.8 Å². The number of rotatable bonds is 20. The lowest BCUT2D eigenvalue weighted by molar-refractivity contribution is -0.199. The van der Waals surface area contributed by atoms with Gasteiger partial charge in [0.1, 0.15) is 12.1 Å². The lowest BCUT2D eigenvalue weighted by Crippen LogP contribution is -2.60. The van der Waals surface area contributed by atoms with Crippen LogP contribution in [0, 0.1) is 17.8 Å². The minimum absolute atomic E-state index is 0.0399. The molecule has 2 aliphatic rings. The van der Waals surface area contributed by atoms with Gasteiger partial charge in [0.05, 0.1) is 18.6 Å². The van der Waals surface area contributed by atoms with Gasteiger partial charge in [-0.15, -0.1) is 5.06 Å². The minimum atomic E-state index is -0.974. The minimum Gasteiger partial charge on any atom is -0.379 e. The second kappa shape index (κ2) is 19.3. The Labute approximate surface area is 295 Å². The normalized spacial score (nSPS) is 17.7. The summed E-state index contributed by atoms with van der Waals surface area (Å²) in [7, 11) is 4.53. The third kappa shape index (κ3) is 10.9. The van der Waals surface area contributed by atoms with Crippen LogP contribution < -0.4 is 5.32 Å². The zero-order chi connectivity index (χ0) is 37.9. The molecule has 50 heavy (non-hydrogen) atoms. The Bertz CT molecular complexity index is 1280. The van der Waals surface area contributed by atoms with Gasteiger partial charge < -0.3 is 24.7 Å². The molecule has 5 atom stereocenters. The highest BCUT2D eigenvalue weighted by Gasteiger charge is 2.40. The molecule has 0 radical (unpaired) electrons. The van der Waals surface area contributed by atoms with E-state index >= 15 is 0 Å². The zero-order valence-electron chi connectivity index (χ0n) is 30.9. The van der Waals surface area contributed by atoms with Crippen molar-refractivity contribution < 1.29 is 47.9 Å². The van der Waals surface area contributed by atoms with Crippen molar-refractivity contribution in [3.63, 3.8) is 0 Å². The predicted octanol–water partition coefficient (Wildman–Crippen LogP) is 1.98. The Morgan fingerprint density at radius 3 is 1.94 bits per heavy atom. The van der Waals surface area contributed by atoms with Gasteiger partial charge in [-0.1, -0.05) is 54.4 Å². The molecule has 1 fully saturated rings. The van der Waals surface area contributed by atoms with E-state index in [9.17, 15) is 38.4 Å². The van der Waals surface area contributed by atoms with Gasteiger partial charge in [-0.05, 0) is 30.6 Å². The molecule has 0 aromatic rings. The van der Waals surface area contributed by atoms with Crippen molar-refractivity contribution >= 4 is 47.3 Å². The molecule has 0 saturated carbocycles. The summed E-state index contributed by atoms with van der Waals surface area (Å²) in [5, 5.41) is 3.36. The first kappa shape index (κ1) is 42.0. The van der Waals surface area contributed by atoms with E-state index in [2.05, 4.69) is 5.32 Å². The Balaban J connectivity index is 2.10. The fourth-order valence-corrected chi connectivity index (χ4v) is 6.29. The number of likely N-dealkylation sites (N-methyl/N-ethyl adjacent to an activating group) is 2. The molecular weight excluding hydrogens is 650 g/mol. The van der Waals surface area contributed by atoms with Crippen LogP contribution >= 0.6 is 0 Å². The molecule has 280 valence electrons. The van der Waals surface area contributed by atoms with Crippen molar-refractivity contribution in [2.45, 2.75) is 117 Å². The number of amides is 7. The maximum Gasteiger partial charge on any atom is 0.335 e. The summed E-state index contributed by atoms with van der Waals surface area (Å²) in [5.41, 5.74) is 0. The SMILES string of the molecule is CC[C@H](C)[C@@H]([C@@H](CC(=O)ON1C(=O)CCC1=O)OC)N(C)C(=O)C(NC(=O)[C@H](C(C)C)N(C)C(=O)CCCCCN1C(=O)C=CC1=O)C(C)C. The third-order valence-corrected chi connectivity index (χ3v) is 9.39. The van der Waals surface area contributed by atoms with Crippen LogP contribution in [0.4, 0.5) is 0 Å². The second-order valence-electron chi connectivity index (χ2n) is 13.7. The summed E-state index contributed by atoms with van der Waals surface area (Å²) in [5.74, 6) is -4.69. The Kier molecular flexibility index (Phi) is 16.2. The molecule has 0 aromatic heterocycles. The Hall–Kier alpha value is -4.14. The molecule has 0 aromatic carbocycles. The average molecular weight is 706 g/mol. The summed E-state index contributed by atoms with van der Waals surface area (Å²) in [6, 6.07) is -2.48. The number of nitrogens with one attached hydrogen (secondary N) is 1. The number of hydrogen-bond donors (Lipinski definition) is 1. The number of carbonyl (C=O) groups is 8. The van der Waals surface area contributed by atoms with E-state index in [1.807, 2.05) is 27.7 Å². The van der Waals surface area contributed by atoms with Crippen molar-refractivity contribution in [3.05, 3.63) is 12.2 Å². The van der Waals surface area contributed by atoms with E-state index in [-0.39, 0.29) is 67.7 Å². The molecule has 0 aliphatic carbocycles. The van der Waals surface area contributed by atoms with E-state index in [1.54, 1.807) is 27.9 Å². The molecule has 7 amide bonds. The molecule has 0 bridgehead atoms. The molecule has 2 aliphatic heterocycles. The fraction of sp³-hybridized carbons (Fsp3) is 0.714. The van der Waals surface area contributed by atoms with Crippen LogP contribution in [0.3, 0.4) is 0 Å². The number of imide groups is 2. The van der Waals surface area contributed by atoms with Crippen LogP contribution in [0.2, 0.25) is 0 Å². The van der Waals surface area contributed by atoms with Gasteiger partial charge in [-0.3, -0.25) is 38.5 Å². The van der Waals surface area contributed by atoms with Crippen LogP contribution in [-0.4, -0.2) is 119 Å². The monoisotopic (exact) mass is 705 g/mol. The molecule has 2 heterocycles. The number of unbranched alkanes of at least 4 members (excludes halogenated alkanes) is 2. The Morgan fingerprint density at radius 2 is 1.44 bits per heavy atom. The highest BCUT2D eigenvalue weighted by Crippen LogP contribution is 2.25. The van der Waals surface area contributed by atoms with Gasteiger partial charge in [0, 0.05) is 59.2 Å². The maximum absolute atomic E-state index is 14.1. The maximum atomic E-state index is 14.1. The quantitative estimate of drug-likeness (QED) is 0.145. The number of hydrogen-bond acceptors (Lipinski definition) is 10. The summed E-state index contributed by atoms with van der Waals surface area (Å²) in [4.78, 5) is 110. The van der Waals surface area contributed by atoms with Crippen molar-refractivity contribution in [2.75, 3.05) is 27.7 Å². The molecule has 1 unspecified atom stereocenters. The molecule has 15 nitrogen and oxygen atoms in total. The topological polar surface area (TPSA) is 180 Å². The number of ether oxygens (including phenoxy) is 1. The lowest BCUT2D eigenvalue weighted by Gasteiger charge is -2.40. The summed E-state index contributed by atoms with van der Waals surface area (Å²) in [6.45, 7) is 11.3. The largest absolute Gasteiger partial charge is 0.379 e. The number of carbonyl (C=O) groups excluding carboxylic acids is 8. The van der Waals surface area contributed by atoms with Gasteiger partial charge in [-0.25, -0.2) is 4.79 Å². The number of hydroxylamine groups is 2. The van der Waals surface area contributed by atoms with Crippen molar-refractivity contribution in [1.82, 2.24) is 25.1 Å². The van der Waals surface area contributed by atoms with Crippen molar-refractivity contribution in [3.8, 4) is 0 Å². The van der Waals surface area contributed by atoms with E-state index in [0.29, 0.717) is 30.7 Å². The number of nitrogens with zero attached hydrogens (tertiary/aromatic N) is 4. The Morgan fingerprint density at radius 1 is 0.860 bits per heavy atom. The first-order chi connectivity index (χ1) is 23.5. The fourth-order valence-electron chi connectivity index (χ4n) is 6.29. The molecule has 1 saturated heterocycles. The van der Waals surface area contributed by atoms with Crippen molar-refractivity contribution in [1.29, 1.82) is 0 Å². The van der Waals surface area contributed by atoms with E-state index in [0.717, 1.165) is 4.90 Å².